The van der Waals surface area contributed by atoms with E-state index in [2.05, 4.69) is 5.32 Å². The van der Waals surface area contributed by atoms with E-state index in [4.69, 9.17) is 16.3 Å². The van der Waals surface area contributed by atoms with Crippen molar-refractivity contribution in [3.8, 4) is 0 Å². The molecule has 0 radical (unpaired) electrons. The summed E-state index contributed by atoms with van der Waals surface area (Å²) in [6, 6.07) is 11.1. The van der Waals surface area contributed by atoms with Crippen LogP contribution in [0.1, 0.15) is 22.0 Å². The van der Waals surface area contributed by atoms with E-state index in [1.54, 1.807) is 30.3 Å². The highest BCUT2D eigenvalue weighted by Crippen LogP contribution is 2.20. The van der Waals surface area contributed by atoms with Crippen molar-refractivity contribution in [2.75, 3.05) is 7.11 Å². The normalized spacial score (nSPS) is 11.6. The van der Waals surface area contributed by atoms with Crippen molar-refractivity contribution in [1.82, 2.24) is 5.32 Å². The molecule has 0 aromatic heterocycles. The fourth-order valence-electron chi connectivity index (χ4n) is 1.92. The van der Waals surface area contributed by atoms with Crippen LogP contribution in [-0.4, -0.2) is 19.0 Å². The molecule has 0 saturated heterocycles. The van der Waals surface area contributed by atoms with Crippen LogP contribution in [0.4, 0.5) is 4.39 Å². The van der Waals surface area contributed by atoms with Gasteiger partial charge in [-0.15, -0.1) is 0 Å². The molecule has 0 aliphatic rings. The second-order valence-electron chi connectivity index (χ2n) is 4.46. The third kappa shape index (κ3) is 3.62. The number of amides is 1. The minimum absolute atomic E-state index is 0.0332. The van der Waals surface area contributed by atoms with E-state index < -0.39 is 23.7 Å². The van der Waals surface area contributed by atoms with Crippen LogP contribution < -0.4 is 5.32 Å². The molecule has 2 rings (SSSR count). The third-order valence-corrected chi connectivity index (χ3v) is 3.33. The molecule has 2 aromatic carbocycles. The highest BCUT2D eigenvalue weighted by atomic mass is 35.5. The van der Waals surface area contributed by atoms with Gasteiger partial charge >= 0.3 is 5.97 Å². The first-order valence-corrected chi connectivity index (χ1v) is 6.79. The Morgan fingerprint density at radius 3 is 2.45 bits per heavy atom. The number of halogens is 2. The lowest BCUT2D eigenvalue weighted by atomic mass is 10.1. The Morgan fingerprint density at radius 2 is 1.86 bits per heavy atom. The van der Waals surface area contributed by atoms with Gasteiger partial charge in [0.05, 0.1) is 17.7 Å². The summed E-state index contributed by atoms with van der Waals surface area (Å²) in [5.74, 6) is -1.75. The average Bonchev–Trinajstić information content (AvgIpc) is 2.52. The van der Waals surface area contributed by atoms with Gasteiger partial charge in [0.2, 0.25) is 0 Å². The predicted molar refractivity (Wildman–Crippen MR) is 80.1 cm³/mol. The first kappa shape index (κ1) is 16.0. The van der Waals surface area contributed by atoms with E-state index in [1.165, 1.54) is 13.2 Å². The second kappa shape index (κ2) is 7.04. The fourth-order valence-corrected chi connectivity index (χ4v) is 2.18. The molecule has 0 aliphatic carbocycles. The number of benzene rings is 2. The van der Waals surface area contributed by atoms with E-state index in [0.29, 0.717) is 5.56 Å². The number of hydrogen-bond acceptors (Lipinski definition) is 3. The molecule has 0 aliphatic heterocycles. The number of hydrogen-bond donors (Lipinski definition) is 1. The monoisotopic (exact) mass is 321 g/mol. The highest BCUT2D eigenvalue weighted by Gasteiger charge is 2.24. The number of ether oxygens (including phenoxy) is 1. The van der Waals surface area contributed by atoms with Crippen LogP contribution in [0.5, 0.6) is 0 Å². The molecule has 0 spiro atoms. The topological polar surface area (TPSA) is 55.4 Å². The van der Waals surface area contributed by atoms with E-state index in [0.717, 1.165) is 12.1 Å². The lowest BCUT2D eigenvalue weighted by Gasteiger charge is -2.17. The zero-order valence-corrected chi connectivity index (χ0v) is 12.4. The van der Waals surface area contributed by atoms with Gasteiger partial charge in [-0.3, -0.25) is 4.79 Å². The Labute approximate surface area is 131 Å². The van der Waals surface area contributed by atoms with Crippen LogP contribution in [0.3, 0.4) is 0 Å². The van der Waals surface area contributed by atoms with Gasteiger partial charge in [0.1, 0.15) is 5.82 Å². The van der Waals surface area contributed by atoms with Crippen LogP contribution in [0.2, 0.25) is 5.02 Å². The Balaban J connectivity index is 2.27. The van der Waals surface area contributed by atoms with Gasteiger partial charge in [0.15, 0.2) is 6.04 Å². The van der Waals surface area contributed by atoms with Crippen LogP contribution in [0, 0.1) is 5.82 Å². The van der Waals surface area contributed by atoms with Gasteiger partial charge in [0.25, 0.3) is 5.91 Å². The van der Waals surface area contributed by atoms with Gasteiger partial charge in [-0.25, -0.2) is 9.18 Å². The van der Waals surface area contributed by atoms with E-state index in [9.17, 15) is 14.0 Å². The van der Waals surface area contributed by atoms with Crippen LogP contribution in [0.15, 0.2) is 48.5 Å². The van der Waals surface area contributed by atoms with E-state index in [-0.39, 0.29) is 10.6 Å². The van der Waals surface area contributed by atoms with Gasteiger partial charge < -0.3 is 10.1 Å². The van der Waals surface area contributed by atoms with Crippen LogP contribution in [0.25, 0.3) is 0 Å². The zero-order chi connectivity index (χ0) is 16.1. The second-order valence-corrected chi connectivity index (χ2v) is 4.87. The van der Waals surface area contributed by atoms with Crippen LogP contribution in [-0.2, 0) is 9.53 Å². The largest absolute Gasteiger partial charge is 0.467 e. The molecule has 22 heavy (non-hydrogen) atoms. The summed E-state index contributed by atoms with van der Waals surface area (Å²) in [4.78, 5) is 24.1. The first-order valence-electron chi connectivity index (χ1n) is 6.41. The smallest absolute Gasteiger partial charge is 0.333 e. The standard InChI is InChI=1S/C16H13ClFNO3/c1-22-16(21)14(10-5-3-2-4-6-10)19-15(20)12-8-7-11(18)9-13(12)17/h2-9,14H,1H3,(H,19,20). The Hall–Kier alpha value is -2.40. The lowest BCUT2D eigenvalue weighted by molar-refractivity contribution is -0.143. The summed E-state index contributed by atoms with van der Waals surface area (Å²) in [5.41, 5.74) is 0.647. The van der Waals surface area contributed by atoms with Crippen molar-refractivity contribution in [1.29, 1.82) is 0 Å². The van der Waals surface area contributed by atoms with E-state index >= 15 is 0 Å². The fraction of sp³-hybridized carbons (Fsp3) is 0.125. The number of carbonyl (C=O) groups is 2. The third-order valence-electron chi connectivity index (χ3n) is 3.02. The van der Waals surface area contributed by atoms with Crippen molar-refractivity contribution in [2.45, 2.75) is 6.04 Å². The van der Waals surface area contributed by atoms with Gasteiger partial charge in [-0.2, -0.15) is 0 Å². The number of esters is 1. The van der Waals surface area contributed by atoms with Crippen LogP contribution >= 0.6 is 11.6 Å². The number of rotatable bonds is 4. The highest BCUT2D eigenvalue weighted by molar-refractivity contribution is 6.33. The zero-order valence-electron chi connectivity index (χ0n) is 11.7. The maximum absolute atomic E-state index is 13.0. The molecule has 1 amide bonds. The van der Waals surface area contributed by atoms with Crippen molar-refractivity contribution in [3.63, 3.8) is 0 Å². The van der Waals surface area contributed by atoms with Gasteiger partial charge in [-0.1, -0.05) is 41.9 Å². The Morgan fingerprint density at radius 1 is 1.18 bits per heavy atom. The molecule has 1 unspecified atom stereocenters. The quantitative estimate of drug-likeness (QED) is 0.880. The maximum Gasteiger partial charge on any atom is 0.333 e. The summed E-state index contributed by atoms with van der Waals surface area (Å²) in [7, 11) is 1.23. The molecule has 6 heteroatoms. The Bertz CT molecular complexity index is 691. The molecule has 1 N–H and O–H groups in total. The summed E-state index contributed by atoms with van der Waals surface area (Å²) in [6.07, 6.45) is 0. The molecule has 0 saturated carbocycles. The van der Waals surface area contributed by atoms with Crippen molar-refractivity contribution in [2.24, 2.45) is 0 Å². The molecule has 1 atom stereocenters. The lowest BCUT2D eigenvalue weighted by Crippen LogP contribution is -2.34. The molecule has 114 valence electrons. The molecule has 0 heterocycles. The summed E-state index contributed by atoms with van der Waals surface area (Å²) in [5, 5.41) is 2.51. The predicted octanol–water partition coefficient (Wildman–Crippen LogP) is 3.12. The number of methoxy groups -OCH3 is 1. The van der Waals surface area contributed by atoms with Gasteiger partial charge in [0, 0.05) is 0 Å². The van der Waals surface area contributed by atoms with Crippen molar-refractivity contribution >= 4 is 23.5 Å². The minimum Gasteiger partial charge on any atom is -0.467 e. The summed E-state index contributed by atoms with van der Waals surface area (Å²) in [6.45, 7) is 0. The number of nitrogens with one attached hydrogen (secondary N) is 1. The molecular weight excluding hydrogens is 309 g/mol. The molecule has 2 aromatic rings. The Kier molecular flexibility index (Phi) is 5.12. The van der Waals surface area contributed by atoms with Gasteiger partial charge in [-0.05, 0) is 23.8 Å². The van der Waals surface area contributed by atoms with E-state index in [1.807, 2.05) is 0 Å². The molecule has 4 nitrogen and oxygen atoms in total. The molecular formula is C16H13ClFNO3. The number of carbonyl (C=O) groups excluding carboxylic acids is 2. The molecule has 0 bridgehead atoms. The SMILES string of the molecule is COC(=O)C(NC(=O)c1ccc(F)cc1Cl)c1ccccc1. The average molecular weight is 322 g/mol. The summed E-state index contributed by atoms with van der Waals surface area (Å²) >= 11 is 5.85. The summed E-state index contributed by atoms with van der Waals surface area (Å²) < 4.78 is 17.7. The van der Waals surface area contributed by atoms with Crippen molar-refractivity contribution in [3.05, 3.63) is 70.5 Å². The maximum atomic E-state index is 13.0. The molecule has 0 fully saturated rings. The first-order chi connectivity index (χ1) is 10.5. The minimum atomic E-state index is -0.972. The van der Waals surface area contributed by atoms with Crippen molar-refractivity contribution < 1.29 is 18.7 Å².